The fourth-order valence-corrected chi connectivity index (χ4v) is 7.65. The Balaban J connectivity index is 1.24. The highest BCUT2D eigenvalue weighted by atomic mass is 16.3. The molecule has 224 valence electrons. The Morgan fingerprint density at radius 1 is 0.354 bits per heavy atom. The monoisotopic (exact) mass is 611 g/mol. The summed E-state index contributed by atoms with van der Waals surface area (Å²) in [6, 6.07) is 63.3. The van der Waals surface area contributed by atoms with Crippen LogP contribution in [-0.4, -0.2) is 0 Å². The number of anilines is 3. The standard InChI is InChI=1S/C46H29NO/c1-2-16-34-30(12-1)13-10-24-44(34)47(33-26-27-40-38-19-4-3-17-36(38)37-18-5-6-20-39(37)43(40)29-33)32-15-9-14-31(28-32)35-22-11-23-42-41-21-7-8-25-45(41)48-46(35)42/h1-29H. The van der Waals surface area contributed by atoms with E-state index in [4.69, 9.17) is 4.42 Å². The Kier molecular flexibility index (Phi) is 5.91. The fraction of sp³-hybridized carbons (Fsp3) is 0. The first-order valence-corrected chi connectivity index (χ1v) is 16.4. The molecule has 0 spiro atoms. The molecule has 1 heterocycles. The van der Waals surface area contributed by atoms with E-state index in [1.165, 1.54) is 43.1 Å². The predicted molar refractivity (Wildman–Crippen MR) is 204 cm³/mol. The van der Waals surface area contributed by atoms with Crippen molar-refractivity contribution in [1.29, 1.82) is 0 Å². The van der Waals surface area contributed by atoms with E-state index < -0.39 is 0 Å². The smallest absolute Gasteiger partial charge is 0.143 e. The molecule has 0 saturated heterocycles. The van der Waals surface area contributed by atoms with Crippen LogP contribution in [-0.2, 0) is 0 Å². The molecule has 0 aliphatic rings. The summed E-state index contributed by atoms with van der Waals surface area (Å²) in [5.41, 5.74) is 7.34. The Bertz CT molecular complexity index is 2820. The third-order valence-electron chi connectivity index (χ3n) is 9.81. The minimum atomic E-state index is 0.907. The van der Waals surface area contributed by atoms with Crippen LogP contribution in [0, 0.1) is 0 Å². The molecule has 10 aromatic rings. The van der Waals surface area contributed by atoms with Crippen LogP contribution in [0.3, 0.4) is 0 Å². The van der Waals surface area contributed by atoms with Gasteiger partial charge in [0.25, 0.3) is 0 Å². The molecule has 0 radical (unpaired) electrons. The van der Waals surface area contributed by atoms with Crippen molar-refractivity contribution >= 4 is 82.1 Å². The molecule has 10 rings (SSSR count). The van der Waals surface area contributed by atoms with E-state index in [9.17, 15) is 0 Å². The molecule has 0 bridgehead atoms. The van der Waals surface area contributed by atoms with Crippen LogP contribution in [0.2, 0.25) is 0 Å². The predicted octanol–water partition coefficient (Wildman–Crippen LogP) is 13.3. The average Bonchev–Trinajstić information content (AvgIpc) is 3.54. The van der Waals surface area contributed by atoms with E-state index in [-0.39, 0.29) is 0 Å². The van der Waals surface area contributed by atoms with Gasteiger partial charge in [0.2, 0.25) is 0 Å². The number of furan rings is 1. The minimum Gasteiger partial charge on any atom is -0.455 e. The van der Waals surface area contributed by atoms with Crippen LogP contribution in [0.4, 0.5) is 17.1 Å². The van der Waals surface area contributed by atoms with E-state index >= 15 is 0 Å². The molecule has 0 N–H and O–H groups in total. The molecule has 2 heteroatoms. The number of hydrogen-bond donors (Lipinski definition) is 0. The molecular formula is C46H29NO. The van der Waals surface area contributed by atoms with E-state index in [2.05, 4.69) is 169 Å². The second-order valence-corrected chi connectivity index (χ2v) is 12.5. The van der Waals surface area contributed by atoms with Crippen molar-refractivity contribution in [2.24, 2.45) is 0 Å². The van der Waals surface area contributed by atoms with Crippen molar-refractivity contribution in [1.82, 2.24) is 0 Å². The first-order valence-electron chi connectivity index (χ1n) is 16.4. The van der Waals surface area contributed by atoms with Gasteiger partial charge in [0, 0.05) is 33.1 Å². The zero-order valence-electron chi connectivity index (χ0n) is 26.1. The number of hydrogen-bond acceptors (Lipinski definition) is 2. The second-order valence-electron chi connectivity index (χ2n) is 12.5. The van der Waals surface area contributed by atoms with E-state index in [0.717, 1.165) is 50.1 Å². The summed E-state index contributed by atoms with van der Waals surface area (Å²) < 4.78 is 6.48. The quantitative estimate of drug-likeness (QED) is 0.184. The van der Waals surface area contributed by atoms with Gasteiger partial charge in [-0.25, -0.2) is 0 Å². The molecule has 0 aliphatic carbocycles. The van der Waals surface area contributed by atoms with E-state index in [1.807, 2.05) is 12.1 Å². The van der Waals surface area contributed by atoms with Crippen LogP contribution in [0.5, 0.6) is 0 Å². The highest BCUT2D eigenvalue weighted by Gasteiger charge is 2.19. The Morgan fingerprint density at radius 3 is 1.71 bits per heavy atom. The van der Waals surface area contributed by atoms with Crippen LogP contribution < -0.4 is 4.90 Å². The highest BCUT2D eigenvalue weighted by Crippen LogP contribution is 2.44. The van der Waals surface area contributed by atoms with E-state index in [1.54, 1.807) is 0 Å². The lowest BCUT2D eigenvalue weighted by atomic mass is 9.93. The number of nitrogens with zero attached hydrogens (tertiary/aromatic N) is 1. The topological polar surface area (TPSA) is 16.4 Å². The molecule has 2 nitrogen and oxygen atoms in total. The first kappa shape index (κ1) is 26.8. The molecule has 1 aromatic heterocycles. The van der Waals surface area contributed by atoms with Crippen molar-refractivity contribution in [3.8, 4) is 11.1 Å². The minimum absolute atomic E-state index is 0.907. The van der Waals surface area contributed by atoms with Gasteiger partial charge >= 0.3 is 0 Å². The van der Waals surface area contributed by atoms with Gasteiger partial charge in [0.1, 0.15) is 11.2 Å². The summed E-state index contributed by atoms with van der Waals surface area (Å²) in [7, 11) is 0. The van der Waals surface area contributed by atoms with Crippen molar-refractivity contribution in [2.45, 2.75) is 0 Å². The van der Waals surface area contributed by atoms with Crippen molar-refractivity contribution in [3.05, 3.63) is 176 Å². The zero-order chi connectivity index (χ0) is 31.6. The number of rotatable bonds is 4. The van der Waals surface area contributed by atoms with Gasteiger partial charge in [0.15, 0.2) is 0 Å². The Morgan fingerprint density at radius 2 is 0.917 bits per heavy atom. The van der Waals surface area contributed by atoms with Gasteiger partial charge in [0.05, 0.1) is 5.69 Å². The van der Waals surface area contributed by atoms with Crippen LogP contribution in [0.15, 0.2) is 180 Å². The van der Waals surface area contributed by atoms with Crippen molar-refractivity contribution in [3.63, 3.8) is 0 Å². The third-order valence-corrected chi connectivity index (χ3v) is 9.81. The van der Waals surface area contributed by atoms with Crippen LogP contribution in [0.25, 0.3) is 76.2 Å². The van der Waals surface area contributed by atoms with Crippen molar-refractivity contribution < 1.29 is 4.42 Å². The van der Waals surface area contributed by atoms with Gasteiger partial charge in [-0.15, -0.1) is 0 Å². The molecule has 0 atom stereocenters. The molecule has 0 saturated carbocycles. The fourth-order valence-electron chi connectivity index (χ4n) is 7.65. The normalized spacial score (nSPS) is 11.8. The molecule has 9 aromatic carbocycles. The maximum Gasteiger partial charge on any atom is 0.143 e. The lowest BCUT2D eigenvalue weighted by Gasteiger charge is -2.28. The average molecular weight is 612 g/mol. The Hall–Kier alpha value is -6.38. The maximum atomic E-state index is 6.48. The second kappa shape index (κ2) is 10.6. The SMILES string of the molecule is c1cc(-c2cccc3c2oc2ccccc23)cc(N(c2ccc3c4ccccc4c4ccccc4c3c2)c2cccc3ccccc23)c1. The van der Waals surface area contributed by atoms with Gasteiger partial charge in [-0.2, -0.15) is 0 Å². The number of para-hydroxylation sites is 2. The largest absolute Gasteiger partial charge is 0.455 e. The summed E-state index contributed by atoms with van der Waals surface area (Å²) in [6.07, 6.45) is 0. The van der Waals surface area contributed by atoms with Crippen molar-refractivity contribution in [2.75, 3.05) is 4.90 Å². The molecule has 0 aliphatic heterocycles. The van der Waals surface area contributed by atoms with Gasteiger partial charge < -0.3 is 9.32 Å². The number of benzene rings is 9. The first-order chi connectivity index (χ1) is 23.8. The Labute approximate surface area is 277 Å². The van der Waals surface area contributed by atoms with Crippen LogP contribution in [0.1, 0.15) is 0 Å². The summed E-state index contributed by atoms with van der Waals surface area (Å²) in [5.74, 6) is 0. The molecule has 48 heavy (non-hydrogen) atoms. The molecule has 0 unspecified atom stereocenters. The van der Waals surface area contributed by atoms with Gasteiger partial charge in [-0.1, -0.05) is 140 Å². The summed E-state index contributed by atoms with van der Waals surface area (Å²) >= 11 is 0. The van der Waals surface area contributed by atoms with Gasteiger partial charge in [-0.05, 0) is 79.7 Å². The lowest BCUT2D eigenvalue weighted by molar-refractivity contribution is 0.670. The molecular weight excluding hydrogens is 583 g/mol. The zero-order valence-corrected chi connectivity index (χ0v) is 26.1. The van der Waals surface area contributed by atoms with E-state index in [0.29, 0.717) is 0 Å². The summed E-state index contributed by atoms with van der Waals surface area (Å²) in [6.45, 7) is 0. The lowest BCUT2D eigenvalue weighted by Crippen LogP contribution is -2.10. The number of fused-ring (bicyclic) bond motifs is 10. The summed E-state index contributed by atoms with van der Waals surface area (Å²) in [4.78, 5) is 2.41. The maximum absolute atomic E-state index is 6.48. The molecule has 0 amide bonds. The highest BCUT2D eigenvalue weighted by molar-refractivity contribution is 6.26. The van der Waals surface area contributed by atoms with Gasteiger partial charge in [-0.3, -0.25) is 0 Å². The van der Waals surface area contributed by atoms with Crippen LogP contribution >= 0.6 is 0 Å². The summed E-state index contributed by atoms with van der Waals surface area (Å²) in [5, 5.41) is 12.3. The molecule has 0 fully saturated rings. The third kappa shape index (κ3) is 4.06.